The van der Waals surface area contributed by atoms with Crippen LogP contribution in [-0.2, 0) is 12.8 Å². The summed E-state index contributed by atoms with van der Waals surface area (Å²) >= 11 is 0. The van der Waals surface area contributed by atoms with Crippen LogP contribution in [0.1, 0.15) is 17.5 Å². The van der Waals surface area contributed by atoms with E-state index in [1.165, 1.54) is 12.1 Å². The number of aromatic nitrogens is 6. The van der Waals surface area contributed by atoms with Crippen LogP contribution in [-0.4, -0.2) is 30.0 Å². The van der Waals surface area contributed by atoms with Crippen molar-refractivity contribution in [3.8, 4) is 17.4 Å². The molecule has 0 bridgehead atoms. The average Bonchev–Trinajstić information content (AvgIpc) is 3.26. The molecule has 3 aromatic heterocycles. The number of benzene rings is 1. The number of ether oxygens (including phenoxy) is 2. The molecule has 0 amide bonds. The third-order valence-corrected chi connectivity index (χ3v) is 3.47. The molecule has 0 aliphatic carbocycles. The van der Waals surface area contributed by atoms with E-state index in [1.54, 1.807) is 31.2 Å². The first kappa shape index (κ1) is 17.7. The minimum atomic E-state index is -4.68. The van der Waals surface area contributed by atoms with Crippen LogP contribution in [0.25, 0.3) is 5.65 Å². The summed E-state index contributed by atoms with van der Waals surface area (Å²) in [6.45, 7) is 1.80. The Kier molecular flexibility index (Phi) is 4.29. The maximum Gasteiger partial charge on any atom is 0.453 e. The lowest BCUT2D eigenvalue weighted by Crippen LogP contribution is -2.12. The number of fused-ring (bicyclic) bond motifs is 1. The number of hydrogen-bond donors (Lipinski definition) is 0. The molecular formula is C16H11F3N6O3. The lowest BCUT2D eigenvalue weighted by Gasteiger charge is -2.08. The molecule has 3 heterocycles. The Balaban J connectivity index is 1.46. The molecule has 0 fully saturated rings. The number of nitrogens with zero attached hydrogens (tertiary/aromatic N) is 6. The second-order valence-electron chi connectivity index (χ2n) is 5.56. The molecule has 0 unspecified atom stereocenters. The second-order valence-corrected chi connectivity index (χ2v) is 5.56. The molecular weight excluding hydrogens is 381 g/mol. The van der Waals surface area contributed by atoms with Crippen molar-refractivity contribution in [2.24, 2.45) is 0 Å². The predicted molar refractivity (Wildman–Crippen MR) is 85.7 cm³/mol. The van der Waals surface area contributed by atoms with Crippen molar-refractivity contribution in [2.45, 2.75) is 19.7 Å². The minimum absolute atomic E-state index is 0.0420. The van der Waals surface area contributed by atoms with Gasteiger partial charge in [0.1, 0.15) is 11.5 Å². The van der Waals surface area contributed by atoms with E-state index in [4.69, 9.17) is 14.0 Å². The molecule has 0 N–H and O–H groups in total. The first-order valence-electron chi connectivity index (χ1n) is 7.88. The van der Waals surface area contributed by atoms with Gasteiger partial charge in [-0.05, 0) is 37.3 Å². The van der Waals surface area contributed by atoms with Crippen LogP contribution >= 0.6 is 0 Å². The van der Waals surface area contributed by atoms with Gasteiger partial charge in [0.05, 0.1) is 0 Å². The van der Waals surface area contributed by atoms with Crippen LogP contribution in [0.15, 0.2) is 40.9 Å². The zero-order valence-corrected chi connectivity index (χ0v) is 14.2. The molecule has 1 aromatic carbocycles. The average molecular weight is 392 g/mol. The van der Waals surface area contributed by atoms with Gasteiger partial charge in [0.2, 0.25) is 5.88 Å². The van der Waals surface area contributed by atoms with E-state index in [9.17, 15) is 13.2 Å². The van der Waals surface area contributed by atoms with Gasteiger partial charge >= 0.3 is 6.18 Å². The normalized spacial score (nSPS) is 11.7. The molecule has 0 aliphatic heterocycles. The number of aryl methyl sites for hydroxylation is 1. The number of hydrogen-bond acceptors (Lipinski definition) is 8. The van der Waals surface area contributed by atoms with E-state index in [2.05, 4.69) is 25.4 Å². The highest BCUT2D eigenvalue weighted by Crippen LogP contribution is 2.28. The summed E-state index contributed by atoms with van der Waals surface area (Å²) in [6, 6.07) is 9.13. The Hall–Kier alpha value is -3.70. The predicted octanol–water partition coefficient (Wildman–Crippen LogP) is 3.21. The smallest absolute Gasteiger partial charge is 0.453 e. The molecule has 12 heteroatoms. The van der Waals surface area contributed by atoms with E-state index in [1.807, 2.05) is 0 Å². The zero-order valence-electron chi connectivity index (χ0n) is 14.2. The molecule has 4 aromatic rings. The first-order chi connectivity index (χ1) is 13.4. The summed E-state index contributed by atoms with van der Waals surface area (Å²) in [5.74, 6) is 0.443. The SMILES string of the molecule is Cc1noc(COc2ccc(Oc3ccc4nnc(C(F)(F)F)n4n3)cc2)n1. The highest BCUT2D eigenvalue weighted by Gasteiger charge is 2.37. The standard InChI is InChI=1S/C16H11F3N6O3/c1-9-20-14(28-24-9)8-26-10-2-4-11(5-3-10)27-13-7-6-12-21-22-15(16(17,18)19)25(12)23-13/h2-7H,8H2,1H3. The van der Waals surface area contributed by atoms with Crippen molar-refractivity contribution < 1.29 is 27.2 Å². The summed E-state index contributed by atoms with van der Waals surface area (Å²) in [4.78, 5) is 4.02. The Labute approximate surface area is 154 Å². The Morgan fingerprint density at radius 1 is 1.04 bits per heavy atom. The molecule has 0 aliphatic rings. The number of rotatable bonds is 5. The van der Waals surface area contributed by atoms with Crippen LogP contribution in [0.4, 0.5) is 13.2 Å². The van der Waals surface area contributed by atoms with Crippen molar-refractivity contribution in [2.75, 3.05) is 0 Å². The van der Waals surface area contributed by atoms with Crippen molar-refractivity contribution in [3.05, 3.63) is 53.9 Å². The van der Waals surface area contributed by atoms with E-state index in [0.29, 0.717) is 27.7 Å². The van der Waals surface area contributed by atoms with Crippen LogP contribution in [0.5, 0.6) is 17.4 Å². The summed E-state index contributed by atoms with van der Waals surface area (Å²) < 4.78 is 55.3. The van der Waals surface area contributed by atoms with Gasteiger partial charge in [-0.25, -0.2) is 0 Å². The van der Waals surface area contributed by atoms with Crippen LogP contribution in [0.2, 0.25) is 0 Å². The molecule has 28 heavy (non-hydrogen) atoms. The second kappa shape index (κ2) is 6.79. The fourth-order valence-corrected chi connectivity index (χ4v) is 2.27. The molecule has 0 radical (unpaired) electrons. The topological polar surface area (TPSA) is 100 Å². The van der Waals surface area contributed by atoms with E-state index >= 15 is 0 Å². The summed E-state index contributed by atoms with van der Waals surface area (Å²) in [6.07, 6.45) is -4.68. The quantitative estimate of drug-likeness (QED) is 0.510. The third-order valence-electron chi connectivity index (χ3n) is 3.47. The Morgan fingerprint density at radius 3 is 2.46 bits per heavy atom. The lowest BCUT2D eigenvalue weighted by atomic mass is 10.3. The fraction of sp³-hybridized carbons (Fsp3) is 0.188. The monoisotopic (exact) mass is 392 g/mol. The Morgan fingerprint density at radius 2 is 1.79 bits per heavy atom. The lowest BCUT2D eigenvalue weighted by molar-refractivity contribution is -0.146. The van der Waals surface area contributed by atoms with Crippen molar-refractivity contribution >= 4 is 5.65 Å². The van der Waals surface area contributed by atoms with Gasteiger partial charge in [-0.15, -0.1) is 15.3 Å². The first-order valence-corrected chi connectivity index (χ1v) is 7.88. The Bertz CT molecular complexity index is 1110. The van der Waals surface area contributed by atoms with Gasteiger partial charge in [0.15, 0.2) is 18.1 Å². The molecule has 0 spiro atoms. The highest BCUT2D eigenvalue weighted by atomic mass is 19.4. The molecule has 9 nitrogen and oxygen atoms in total. The van der Waals surface area contributed by atoms with Crippen LogP contribution in [0, 0.1) is 6.92 Å². The van der Waals surface area contributed by atoms with Gasteiger partial charge < -0.3 is 14.0 Å². The minimum Gasteiger partial charge on any atom is -0.484 e. The largest absolute Gasteiger partial charge is 0.484 e. The maximum absolute atomic E-state index is 12.9. The van der Waals surface area contributed by atoms with E-state index in [0.717, 1.165) is 0 Å². The van der Waals surface area contributed by atoms with Crippen molar-refractivity contribution in [1.82, 2.24) is 30.0 Å². The zero-order chi connectivity index (χ0) is 19.7. The van der Waals surface area contributed by atoms with Crippen molar-refractivity contribution in [1.29, 1.82) is 0 Å². The number of alkyl halides is 3. The molecule has 4 rings (SSSR count). The molecule has 0 atom stereocenters. The van der Waals surface area contributed by atoms with Gasteiger partial charge in [-0.1, -0.05) is 5.16 Å². The van der Waals surface area contributed by atoms with Gasteiger partial charge in [-0.3, -0.25) is 0 Å². The van der Waals surface area contributed by atoms with Gasteiger partial charge in [0.25, 0.3) is 11.7 Å². The van der Waals surface area contributed by atoms with Crippen LogP contribution < -0.4 is 9.47 Å². The summed E-state index contributed by atoms with van der Waals surface area (Å²) in [5.41, 5.74) is -0.0420. The molecule has 144 valence electrons. The van der Waals surface area contributed by atoms with Crippen molar-refractivity contribution in [3.63, 3.8) is 0 Å². The maximum atomic E-state index is 12.9. The highest BCUT2D eigenvalue weighted by molar-refractivity contribution is 5.39. The third kappa shape index (κ3) is 3.70. The summed E-state index contributed by atoms with van der Waals surface area (Å²) in [5, 5.41) is 14.0. The summed E-state index contributed by atoms with van der Waals surface area (Å²) in [7, 11) is 0. The van der Waals surface area contributed by atoms with Crippen LogP contribution in [0.3, 0.4) is 0 Å². The van der Waals surface area contributed by atoms with E-state index in [-0.39, 0.29) is 18.1 Å². The molecule has 0 saturated heterocycles. The van der Waals surface area contributed by atoms with E-state index < -0.39 is 12.0 Å². The molecule has 0 saturated carbocycles. The number of halogens is 3. The van der Waals surface area contributed by atoms with Gasteiger partial charge in [-0.2, -0.15) is 22.7 Å². The fourth-order valence-electron chi connectivity index (χ4n) is 2.27. The van der Waals surface area contributed by atoms with Gasteiger partial charge in [0, 0.05) is 6.07 Å².